The van der Waals surface area contributed by atoms with Crippen LogP contribution in [-0.4, -0.2) is 0 Å². The number of thiophene rings is 1. The van der Waals surface area contributed by atoms with E-state index in [1.54, 1.807) is 0 Å². The molecule has 2 nitrogen and oxygen atoms in total. The van der Waals surface area contributed by atoms with Gasteiger partial charge in [0.2, 0.25) is 0 Å². The van der Waals surface area contributed by atoms with E-state index in [0.29, 0.717) is 0 Å². The minimum atomic E-state index is 0.904. The molecular formula is C46H29NOS. The monoisotopic (exact) mass is 643 g/mol. The van der Waals surface area contributed by atoms with Crippen molar-refractivity contribution in [2.75, 3.05) is 4.90 Å². The van der Waals surface area contributed by atoms with Gasteiger partial charge in [0.25, 0.3) is 0 Å². The molecule has 8 aromatic carbocycles. The van der Waals surface area contributed by atoms with Crippen molar-refractivity contribution in [2.24, 2.45) is 0 Å². The van der Waals surface area contributed by atoms with Gasteiger partial charge in [-0.3, -0.25) is 0 Å². The quantitative estimate of drug-likeness (QED) is 0.186. The van der Waals surface area contributed by atoms with Crippen molar-refractivity contribution in [3.05, 3.63) is 176 Å². The third-order valence-corrected chi connectivity index (χ3v) is 10.8. The first-order valence-corrected chi connectivity index (χ1v) is 17.4. The number of anilines is 3. The summed E-state index contributed by atoms with van der Waals surface area (Å²) in [6.07, 6.45) is 0. The highest BCUT2D eigenvalue weighted by Crippen LogP contribution is 2.45. The highest BCUT2D eigenvalue weighted by atomic mass is 32.1. The summed E-state index contributed by atoms with van der Waals surface area (Å²) in [5.74, 6) is 0. The standard InChI is InChI=1S/C46H29NOS/c1-2-12-31(13-3-1)41-28-34(23-25-36(41)39-17-10-18-40-37-15-6-8-19-43(37)48-46(39)40)47(33-22-21-30-11-4-5-14-32(30)27-33)35-24-26-45-42(29-35)38-16-7-9-20-44(38)49-45/h1-29H. The molecule has 3 heteroatoms. The van der Waals surface area contributed by atoms with E-state index < -0.39 is 0 Å². The fourth-order valence-corrected chi connectivity index (χ4v) is 8.42. The molecule has 0 aliphatic rings. The van der Waals surface area contributed by atoms with E-state index in [9.17, 15) is 0 Å². The number of fused-ring (bicyclic) bond motifs is 7. The highest BCUT2D eigenvalue weighted by molar-refractivity contribution is 7.25. The number of rotatable bonds is 5. The molecule has 0 unspecified atom stereocenters. The van der Waals surface area contributed by atoms with E-state index in [1.165, 1.54) is 30.9 Å². The Hall–Kier alpha value is -6.16. The number of nitrogens with zero attached hydrogens (tertiary/aromatic N) is 1. The molecule has 0 saturated carbocycles. The molecule has 0 radical (unpaired) electrons. The SMILES string of the molecule is c1ccc(-c2cc(N(c3ccc4ccccc4c3)c3ccc4sc5ccccc5c4c3)ccc2-c2cccc3c2oc2ccccc23)cc1. The number of hydrogen-bond acceptors (Lipinski definition) is 3. The zero-order valence-corrected chi connectivity index (χ0v) is 27.3. The lowest BCUT2D eigenvalue weighted by molar-refractivity contribution is 0.670. The molecule has 0 saturated heterocycles. The largest absolute Gasteiger partial charge is 0.455 e. The Kier molecular flexibility index (Phi) is 6.39. The Morgan fingerprint density at radius 1 is 0.388 bits per heavy atom. The van der Waals surface area contributed by atoms with Gasteiger partial charge in [-0.1, -0.05) is 121 Å². The van der Waals surface area contributed by atoms with Crippen LogP contribution in [0.5, 0.6) is 0 Å². The predicted molar refractivity (Wildman–Crippen MR) is 210 cm³/mol. The van der Waals surface area contributed by atoms with Crippen molar-refractivity contribution >= 4 is 81.3 Å². The van der Waals surface area contributed by atoms with Crippen LogP contribution in [0.15, 0.2) is 180 Å². The van der Waals surface area contributed by atoms with E-state index in [0.717, 1.165) is 61.3 Å². The molecule has 230 valence electrons. The van der Waals surface area contributed by atoms with Gasteiger partial charge in [-0.25, -0.2) is 0 Å². The summed E-state index contributed by atoms with van der Waals surface area (Å²) in [5, 5.41) is 7.28. The normalized spacial score (nSPS) is 11.7. The van der Waals surface area contributed by atoms with Crippen molar-refractivity contribution < 1.29 is 4.42 Å². The molecule has 2 aromatic heterocycles. The van der Waals surface area contributed by atoms with E-state index in [-0.39, 0.29) is 0 Å². The molecule has 0 bridgehead atoms. The molecule has 0 N–H and O–H groups in total. The fourth-order valence-electron chi connectivity index (χ4n) is 7.34. The van der Waals surface area contributed by atoms with E-state index >= 15 is 0 Å². The van der Waals surface area contributed by atoms with Crippen molar-refractivity contribution in [2.45, 2.75) is 0 Å². The van der Waals surface area contributed by atoms with Crippen LogP contribution in [0.4, 0.5) is 17.1 Å². The lowest BCUT2D eigenvalue weighted by atomic mass is 9.92. The molecule has 49 heavy (non-hydrogen) atoms. The van der Waals surface area contributed by atoms with Gasteiger partial charge in [0.15, 0.2) is 0 Å². The first-order chi connectivity index (χ1) is 24.3. The average molecular weight is 644 g/mol. The van der Waals surface area contributed by atoms with Gasteiger partial charge in [-0.05, 0) is 82.1 Å². The van der Waals surface area contributed by atoms with Crippen molar-refractivity contribution in [1.29, 1.82) is 0 Å². The maximum absolute atomic E-state index is 6.55. The third-order valence-electron chi connectivity index (χ3n) is 9.65. The highest BCUT2D eigenvalue weighted by Gasteiger charge is 2.20. The van der Waals surface area contributed by atoms with Gasteiger partial charge in [0.1, 0.15) is 11.2 Å². The van der Waals surface area contributed by atoms with Crippen molar-refractivity contribution in [3.8, 4) is 22.3 Å². The molecule has 2 heterocycles. The Morgan fingerprint density at radius 2 is 1.06 bits per heavy atom. The maximum atomic E-state index is 6.55. The van der Waals surface area contributed by atoms with Crippen molar-refractivity contribution in [1.82, 2.24) is 0 Å². The zero-order chi connectivity index (χ0) is 32.3. The number of para-hydroxylation sites is 2. The minimum Gasteiger partial charge on any atom is -0.455 e. The van der Waals surface area contributed by atoms with Crippen molar-refractivity contribution in [3.63, 3.8) is 0 Å². The van der Waals surface area contributed by atoms with Crippen LogP contribution >= 0.6 is 11.3 Å². The zero-order valence-electron chi connectivity index (χ0n) is 26.5. The summed E-state index contributed by atoms with van der Waals surface area (Å²) in [6, 6.07) is 63.3. The van der Waals surface area contributed by atoms with Gasteiger partial charge in [0, 0.05) is 53.6 Å². The summed E-state index contributed by atoms with van der Waals surface area (Å²) < 4.78 is 9.15. The van der Waals surface area contributed by atoms with Crippen LogP contribution in [0, 0.1) is 0 Å². The molecule has 0 aliphatic heterocycles. The molecule has 0 atom stereocenters. The average Bonchev–Trinajstić information content (AvgIpc) is 3.74. The number of benzene rings is 8. The lowest BCUT2D eigenvalue weighted by Gasteiger charge is -2.27. The fraction of sp³-hybridized carbons (Fsp3) is 0. The second kappa shape index (κ2) is 11.2. The summed E-state index contributed by atoms with van der Waals surface area (Å²) in [6.45, 7) is 0. The third kappa shape index (κ3) is 4.62. The summed E-state index contributed by atoms with van der Waals surface area (Å²) >= 11 is 1.85. The van der Waals surface area contributed by atoms with E-state index in [1.807, 2.05) is 17.4 Å². The first kappa shape index (κ1) is 27.9. The molecule has 0 spiro atoms. The molecule has 0 fully saturated rings. The van der Waals surface area contributed by atoms with Gasteiger partial charge in [0.05, 0.1) is 0 Å². The Bertz CT molecular complexity index is 2840. The smallest absolute Gasteiger partial charge is 0.143 e. The van der Waals surface area contributed by atoms with E-state index in [2.05, 4.69) is 175 Å². The lowest BCUT2D eigenvalue weighted by Crippen LogP contribution is -2.10. The summed E-state index contributed by atoms with van der Waals surface area (Å²) in [5.41, 5.74) is 9.68. The van der Waals surface area contributed by atoms with Gasteiger partial charge >= 0.3 is 0 Å². The van der Waals surface area contributed by atoms with Crippen LogP contribution < -0.4 is 4.90 Å². The molecule has 0 amide bonds. The van der Waals surface area contributed by atoms with Crippen LogP contribution in [-0.2, 0) is 0 Å². The number of hydrogen-bond donors (Lipinski definition) is 0. The Balaban J connectivity index is 1.23. The molecule has 10 rings (SSSR count). The Labute approximate surface area is 287 Å². The maximum Gasteiger partial charge on any atom is 0.143 e. The topological polar surface area (TPSA) is 16.4 Å². The van der Waals surface area contributed by atoms with Crippen LogP contribution in [0.25, 0.3) is 75.1 Å². The van der Waals surface area contributed by atoms with Gasteiger partial charge in [-0.2, -0.15) is 0 Å². The second-order valence-corrected chi connectivity index (χ2v) is 13.6. The molecule has 10 aromatic rings. The summed E-state index contributed by atoms with van der Waals surface area (Å²) in [4.78, 5) is 2.40. The van der Waals surface area contributed by atoms with Crippen LogP contribution in [0.3, 0.4) is 0 Å². The Morgan fingerprint density at radius 3 is 1.98 bits per heavy atom. The van der Waals surface area contributed by atoms with E-state index in [4.69, 9.17) is 4.42 Å². The second-order valence-electron chi connectivity index (χ2n) is 12.5. The first-order valence-electron chi connectivity index (χ1n) is 16.6. The van der Waals surface area contributed by atoms with Crippen LogP contribution in [0.1, 0.15) is 0 Å². The minimum absolute atomic E-state index is 0.904. The van der Waals surface area contributed by atoms with Gasteiger partial charge in [-0.15, -0.1) is 11.3 Å². The molecule has 0 aliphatic carbocycles. The molecular weight excluding hydrogens is 615 g/mol. The predicted octanol–water partition coefficient (Wildman–Crippen LogP) is 13.9. The summed E-state index contributed by atoms with van der Waals surface area (Å²) in [7, 11) is 0. The van der Waals surface area contributed by atoms with Crippen LogP contribution in [0.2, 0.25) is 0 Å². The van der Waals surface area contributed by atoms with Gasteiger partial charge < -0.3 is 9.32 Å². The number of furan rings is 1.